The Bertz CT molecular complexity index is 413. The molecule has 7 heteroatoms. The first-order chi connectivity index (χ1) is 7.25. The number of benzene rings is 1. The van der Waals surface area contributed by atoms with Crippen LogP contribution in [0.25, 0.3) is 0 Å². The van der Waals surface area contributed by atoms with Crippen molar-refractivity contribution in [3.63, 3.8) is 0 Å². The zero-order valence-electron chi connectivity index (χ0n) is 7.65. The van der Waals surface area contributed by atoms with Crippen molar-refractivity contribution in [2.75, 3.05) is 0 Å². The molecule has 0 aliphatic carbocycles. The summed E-state index contributed by atoms with van der Waals surface area (Å²) in [7, 11) is 0. The molecule has 88 valence electrons. The van der Waals surface area contributed by atoms with Gasteiger partial charge < -0.3 is 9.47 Å². The van der Waals surface area contributed by atoms with Crippen molar-refractivity contribution in [2.45, 2.75) is 18.9 Å². The molecule has 16 heavy (non-hydrogen) atoms. The van der Waals surface area contributed by atoms with Crippen LogP contribution in [0.5, 0.6) is 11.5 Å². The third-order valence-electron chi connectivity index (χ3n) is 1.87. The number of alkyl halides is 5. The van der Waals surface area contributed by atoms with Crippen molar-refractivity contribution in [3.05, 3.63) is 23.8 Å². The number of fused-ring (bicyclic) bond motifs is 1. The van der Waals surface area contributed by atoms with E-state index in [1.807, 2.05) is 0 Å². The predicted molar refractivity (Wildman–Crippen MR) is 42.4 cm³/mol. The molecule has 1 aromatic rings. The molecule has 0 aromatic heterocycles. The van der Waals surface area contributed by atoms with Gasteiger partial charge in [-0.05, 0) is 17.7 Å². The second-order valence-electron chi connectivity index (χ2n) is 3.24. The van der Waals surface area contributed by atoms with E-state index in [-0.39, 0.29) is 17.1 Å². The Kier molecular flexibility index (Phi) is 2.21. The summed E-state index contributed by atoms with van der Waals surface area (Å²) in [4.78, 5) is 0. The summed E-state index contributed by atoms with van der Waals surface area (Å²) in [6.45, 7) is 0. The fraction of sp³-hybridized carbons (Fsp3) is 0.333. The standard InChI is InChI=1S/C9H5F5O2/c10-8(11,12)4-5-1-2-6-7(3-5)16-9(13,14)15-6/h1-3H,4H2. The Morgan fingerprint density at radius 2 is 1.69 bits per heavy atom. The van der Waals surface area contributed by atoms with Crippen molar-refractivity contribution < 1.29 is 31.4 Å². The van der Waals surface area contributed by atoms with Gasteiger partial charge in [0.25, 0.3) is 0 Å². The van der Waals surface area contributed by atoms with Gasteiger partial charge in [-0.25, -0.2) is 0 Å². The van der Waals surface area contributed by atoms with Crippen LogP contribution in [0.4, 0.5) is 22.0 Å². The molecule has 0 saturated heterocycles. The third kappa shape index (κ3) is 2.34. The van der Waals surface area contributed by atoms with Gasteiger partial charge in [0.15, 0.2) is 11.5 Å². The van der Waals surface area contributed by atoms with Gasteiger partial charge >= 0.3 is 12.5 Å². The fourth-order valence-corrected chi connectivity index (χ4v) is 1.33. The molecule has 1 aliphatic rings. The molecule has 0 bridgehead atoms. The molecular weight excluding hydrogens is 235 g/mol. The van der Waals surface area contributed by atoms with Crippen LogP contribution in [0.1, 0.15) is 5.56 Å². The van der Waals surface area contributed by atoms with Crippen molar-refractivity contribution >= 4 is 0 Å². The molecule has 0 fully saturated rings. The molecule has 1 aliphatic heterocycles. The largest absolute Gasteiger partial charge is 0.586 e. The van der Waals surface area contributed by atoms with Crippen molar-refractivity contribution in [2.24, 2.45) is 0 Å². The number of halogens is 5. The van der Waals surface area contributed by atoms with E-state index in [9.17, 15) is 22.0 Å². The molecule has 2 rings (SSSR count). The Balaban J connectivity index is 2.23. The molecule has 2 nitrogen and oxygen atoms in total. The van der Waals surface area contributed by atoms with Crippen molar-refractivity contribution in [3.8, 4) is 11.5 Å². The minimum Gasteiger partial charge on any atom is -0.395 e. The smallest absolute Gasteiger partial charge is 0.395 e. The molecule has 0 spiro atoms. The molecular formula is C9H5F5O2. The summed E-state index contributed by atoms with van der Waals surface area (Å²) < 4.78 is 69.2. The highest BCUT2D eigenvalue weighted by atomic mass is 19.4. The van der Waals surface area contributed by atoms with E-state index in [0.717, 1.165) is 18.2 Å². The van der Waals surface area contributed by atoms with Gasteiger partial charge in [0.05, 0.1) is 6.42 Å². The number of ether oxygens (including phenoxy) is 2. The summed E-state index contributed by atoms with van der Waals surface area (Å²) in [5.74, 6) is -0.650. The quantitative estimate of drug-likeness (QED) is 0.702. The molecule has 0 radical (unpaired) electrons. The minimum atomic E-state index is -4.39. The molecule has 0 amide bonds. The number of rotatable bonds is 1. The lowest BCUT2D eigenvalue weighted by atomic mass is 10.1. The van der Waals surface area contributed by atoms with Crippen LogP contribution in [0, 0.1) is 0 Å². The number of hydrogen-bond donors (Lipinski definition) is 0. The van der Waals surface area contributed by atoms with E-state index in [2.05, 4.69) is 9.47 Å². The van der Waals surface area contributed by atoms with Gasteiger partial charge in [0, 0.05) is 0 Å². The summed E-state index contributed by atoms with van der Waals surface area (Å²) >= 11 is 0. The first-order valence-corrected chi connectivity index (χ1v) is 4.21. The molecule has 0 N–H and O–H groups in total. The first kappa shape index (κ1) is 11.0. The molecule has 0 atom stereocenters. The Labute approximate surface area is 86.6 Å². The van der Waals surface area contributed by atoms with Crippen LogP contribution in [-0.2, 0) is 6.42 Å². The maximum absolute atomic E-state index is 12.5. The SMILES string of the molecule is FC(F)(F)Cc1ccc2c(c1)OC(F)(F)O2. The Hall–Kier alpha value is -1.53. The maximum Gasteiger partial charge on any atom is 0.586 e. The second-order valence-corrected chi connectivity index (χ2v) is 3.24. The van der Waals surface area contributed by atoms with Crippen LogP contribution >= 0.6 is 0 Å². The van der Waals surface area contributed by atoms with Crippen LogP contribution in [0.2, 0.25) is 0 Å². The predicted octanol–water partition coefficient (Wildman–Crippen LogP) is 3.11. The zero-order chi connectivity index (χ0) is 12.0. The normalized spacial score (nSPS) is 17.6. The molecule has 0 unspecified atom stereocenters. The van der Waals surface area contributed by atoms with Gasteiger partial charge in [-0.3, -0.25) is 0 Å². The van der Waals surface area contributed by atoms with E-state index >= 15 is 0 Å². The second kappa shape index (κ2) is 3.23. The summed E-state index contributed by atoms with van der Waals surface area (Å²) in [6.07, 6.45) is -9.40. The van der Waals surface area contributed by atoms with Gasteiger partial charge in [-0.15, -0.1) is 8.78 Å². The van der Waals surface area contributed by atoms with Crippen LogP contribution in [0.15, 0.2) is 18.2 Å². The highest BCUT2D eigenvalue weighted by Gasteiger charge is 2.43. The van der Waals surface area contributed by atoms with Crippen LogP contribution in [0.3, 0.4) is 0 Å². The maximum atomic E-state index is 12.5. The average molecular weight is 240 g/mol. The first-order valence-electron chi connectivity index (χ1n) is 4.21. The summed E-state index contributed by atoms with van der Waals surface area (Å²) in [5.41, 5.74) is -0.160. The van der Waals surface area contributed by atoms with E-state index in [0.29, 0.717) is 0 Å². The van der Waals surface area contributed by atoms with Crippen molar-refractivity contribution in [1.29, 1.82) is 0 Å². The lowest BCUT2D eigenvalue weighted by molar-refractivity contribution is -0.286. The highest BCUT2D eigenvalue weighted by Crippen LogP contribution is 2.41. The van der Waals surface area contributed by atoms with Gasteiger partial charge in [-0.1, -0.05) is 6.07 Å². The lowest BCUT2D eigenvalue weighted by Gasteiger charge is -2.06. The van der Waals surface area contributed by atoms with Gasteiger partial charge in [0.1, 0.15) is 0 Å². The van der Waals surface area contributed by atoms with E-state index < -0.39 is 18.9 Å². The third-order valence-corrected chi connectivity index (χ3v) is 1.87. The zero-order valence-corrected chi connectivity index (χ0v) is 7.65. The highest BCUT2D eigenvalue weighted by molar-refractivity contribution is 5.45. The molecule has 1 aromatic carbocycles. The Morgan fingerprint density at radius 1 is 1.06 bits per heavy atom. The Morgan fingerprint density at radius 3 is 2.31 bits per heavy atom. The molecule has 0 saturated carbocycles. The average Bonchev–Trinajstić information content (AvgIpc) is 2.34. The van der Waals surface area contributed by atoms with Crippen LogP contribution < -0.4 is 9.47 Å². The molecule has 1 heterocycles. The van der Waals surface area contributed by atoms with Gasteiger partial charge in [-0.2, -0.15) is 13.2 Å². The topological polar surface area (TPSA) is 18.5 Å². The van der Waals surface area contributed by atoms with Crippen LogP contribution in [-0.4, -0.2) is 12.5 Å². The van der Waals surface area contributed by atoms with Gasteiger partial charge in [0.2, 0.25) is 0 Å². The summed E-state index contributed by atoms with van der Waals surface area (Å²) in [6, 6.07) is 2.98. The summed E-state index contributed by atoms with van der Waals surface area (Å²) in [5, 5.41) is 0. The number of hydrogen-bond acceptors (Lipinski definition) is 2. The van der Waals surface area contributed by atoms with E-state index in [1.165, 1.54) is 0 Å². The monoisotopic (exact) mass is 240 g/mol. The minimum absolute atomic E-state index is 0.160. The lowest BCUT2D eigenvalue weighted by Crippen LogP contribution is -2.25. The van der Waals surface area contributed by atoms with Crippen molar-refractivity contribution in [1.82, 2.24) is 0 Å². The fourth-order valence-electron chi connectivity index (χ4n) is 1.33. The van der Waals surface area contributed by atoms with E-state index in [1.54, 1.807) is 0 Å². The van der Waals surface area contributed by atoms with E-state index in [4.69, 9.17) is 0 Å².